The fraction of sp³-hybridized carbons (Fsp3) is 0.158. The highest BCUT2D eigenvalue weighted by atomic mass is 16.5. The van der Waals surface area contributed by atoms with Crippen molar-refractivity contribution in [3.8, 4) is 11.4 Å². The van der Waals surface area contributed by atoms with E-state index in [1.54, 1.807) is 17.7 Å². The first kappa shape index (κ1) is 15.8. The molecule has 0 amide bonds. The Morgan fingerprint density at radius 2 is 1.71 bits per heavy atom. The van der Waals surface area contributed by atoms with Gasteiger partial charge in [-0.2, -0.15) is 5.10 Å². The summed E-state index contributed by atoms with van der Waals surface area (Å²) in [5, 5.41) is 4.49. The minimum Gasteiger partial charge on any atom is -0.487 e. The Morgan fingerprint density at radius 1 is 1.04 bits per heavy atom. The Morgan fingerprint density at radius 3 is 2.38 bits per heavy atom. The van der Waals surface area contributed by atoms with Crippen LogP contribution in [0.2, 0.25) is 0 Å². The molecule has 2 aromatic carbocycles. The van der Waals surface area contributed by atoms with Gasteiger partial charge in [0.25, 0.3) is 0 Å². The molecule has 122 valence electrons. The lowest BCUT2D eigenvalue weighted by atomic mass is 10.3. The number of hydrogen-bond acceptors (Lipinski definition) is 4. The smallest absolute Gasteiger partial charge is 0.357 e. The Hall–Kier alpha value is -3.08. The van der Waals surface area contributed by atoms with Crippen LogP contribution in [-0.2, 0) is 11.3 Å². The predicted octanol–water partition coefficient (Wildman–Crippen LogP) is 3.63. The van der Waals surface area contributed by atoms with Gasteiger partial charge in [-0.3, -0.25) is 0 Å². The molecule has 1 aromatic heterocycles. The number of benzene rings is 2. The number of carbonyl (C=O) groups is 1. The molecule has 0 atom stereocenters. The number of ether oxygens (including phenoxy) is 2. The minimum atomic E-state index is -0.403. The zero-order chi connectivity index (χ0) is 16.8. The third kappa shape index (κ3) is 3.63. The lowest BCUT2D eigenvalue weighted by molar-refractivity contribution is 0.0515. The van der Waals surface area contributed by atoms with Gasteiger partial charge < -0.3 is 9.47 Å². The summed E-state index contributed by atoms with van der Waals surface area (Å²) in [6.45, 7) is 2.37. The van der Waals surface area contributed by atoms with Gasteiger partial charge in [-0.1, -0.05) is 36.4 Å². The summed E-state index contributed by atoms with van der Waals surface area (Å²) >= 11 is 0. The Balaban J connectivity index is 1.87. The standard InChI is InChI=1S/C19H18N2O3/c1-2-23-19(22)18-13-15(14-24-17-11-7-4-8-12-17)20-21(18)16-9-5-3-6-10-16/h3-13H,2,14H2,1H3. The summed E-state index contributed by atoms with van der Waals surface area (Å²) in [5.41, 5.74) is 1.84. The molecular formula is C19H18N2O3. The molecule has 0 unspecified atom stereocenters. The Bertz CT molecular complexity index is 798. The average molecular weight is 322 g/mol. The molecule has 5 nitrogen and oxygen atoms in total. The van der Waals surface area contributed by atoms with Crippen molar-refractivity contribution in [1.29, 1.82) is 0 Å². The van der Waals surface area contributed by atoms with E-state index in [-0.39, 0.29) is 6.61 Å². The van der Waals surface area contributed by atoms with E-state index in [0.717, 1.165) is 11.4 Å². The molecule has 0 aliphatic carbocycles. The van der Waals surface area contributed by atoms with Crippen molar-refractivity contribution in [2.45, 2.75) is 13.5 Å². The van der Waals surface area contributed by atoms with Gasteiger partial charge in [0.15, 0.2) is 5.69 Å². The molecule has 1 heterocycles. The summed E-state index contributed by atoms with van der Waals surface area (Å²) in [6, 6.07) is 20.7. The van der Waals surface area contributed by atoms with Crippen LogP contribution in [0.3, 0.4) is 0 Å². The number of para-hydroxylation sites is 2. The van der Waals surface area contributed by atoms with Gasteiger partial charge in [0.05, 0.1) is 12.3 Å². The lowest BCUT2D eigenvalue weighted by Gasteiger charge is -2.06. The number of hydrogen-bond donors (Lipinski definition) is 0. The summed E-state index contributed by atoms with van der Waals surface area (Å²) in [7, 11) is 0. The monoisotopic (exact) mass is 322 g/mol. The van der Waals surface area contributed by atoms with E-state index in [1.807, 2.05) is 60.7 Å². The molecule has 24 heavy (non-hydrogen) atoms. The van der Waals surface area contributed by atoms with Crippen molar-refractivity contribution in [1.82, 2.24) is 9.78 Å². The van der Waals surface area contributed by atoms with Gasteiger partial charge >= 0.3 is 5.97 Å². The fourth-order valence-electron chi connectivity index (χ4n) is 2.29. The van der Waals surface area contributed by atoms with Crippen LogP contribution < -0.4 is 4.74 Å². The van der Waals surface area contributed by atoms with Crippen molar-refractivity contribution in [3.63, 3.8) is 0 Å². The van der Waals surface area contributed by atoms with Crippen molar-refractivity contribution in [2.24, 2.45) is 0 Å². The van der Waals surface area contributed by atoms with Crippen LogP contribution in [0.4, 0.5) is 0 Å². The van der Waals surface area contributed by atoms with Crippen molar-refractivity contribution >= 4 is 5.97 Å². The molecule has 0 N–H and O–H groups in total. The number of aromatic nitrogens is 2. The molecule has 0 radical (unpaired) electrons. The van der Waals surface area contributed by atoms with Gasteiger partial charge in [-0.25, -0.2) is 9.48 Å². The van der Waals surface area contributed by atoms with E-state index in [0.29, 0.717) is 18.0 Å². The molecule has 0 saturated heterocycles. The zero-order valence-corrected chi connectivity index (χ0v) is 13.4. The molecule has 0 aliphatic heterocycles. The van der Waals surface area contributed by atoms with Crippen LogP contribution in [-0.4, -0.2) is 22.4 Å². The van der Waals surface area contributed by atoms with E-state index in [4.69, 9.17) is 9.47 Å². The van der Waals surface area contributed by atoms with Gasteiger partial charge in [0.2, 0.25) is 0 Å². The predicted molar refractivity (Wildman–Crippen MR) is 90.3 cm³/mol. The summed E-state index contributed by atoms with van der Waals surface area (Å²) in [5.74, 6) is 0.351. The van der Waals surface area contributed by atoms with Crippen LogP contribution >= 0.6 is 0 Å². The van der Waals surface area contributed by atoms with Crippen molar-refractivity contribution in [3.05, 3.63) is 78.1 Å². The van der Waals surface area contributed by atoms with Crippen molar-refractivity contribution < 1.29 is 14.3 Å². The van der Waals surface area contributed by atoms with Gasteiger partial charge in [-0.05, 0) is 37.3 Å². The van der Waals surface area contributed by atoms with Crippen LogP contribution in [0.15, 0.2) is 66.7 Å². The normalized spacial score (nSPS) is 10.4. The van der Waals surface area contributed by atoms with Crippen LogP contribution in [0, 0.1) is 0 Å². The van der Waals surface area contributed by atoms with E-state index in [1.165, 1.54) is 0 Å². The van der Waals surface area contributed by atoms with Gasteiger partial charge in [0, 0.05) is 0 Å². The first-order chi connectivity index (χ1) is 11.8. The Kier molecular flexibility index (Phi) is 4.91. The molecule has 5 heteroatoms. The summed E-state index contributed by atoms with van der Waals surface area (Å²) in [4.78, 5) is 12.2. The number of nitrogens with zero attached hydrogens (tertiary/aromatic N) is 2. The first-order valence-corrected chi connectivity index (χ1v) is 7.77. The topological polar surface area (TPSA) is 53.4 Å². The molecule has 0 aliphatic rings. The molecule has 0 fully saturated rings. The number of esters is 1. The highest BCUT2D eigenvalue weighted by Crippen LogP contribution is 2.16. The average Bonchev–Trinajstić information content (AvgIpc) is 3.06. The van der Waals surface area contributed by atoms with Gasteiger partial charge in [0.1, 0.15) is 18.1 Å². The lowest BCUT2D eigenvalue weighted by Crippen LogP contribution is -2.11. The minimum absolute atomic E-state index is 0.274. The molecule has 3 aromatic rings. The molecule has 0 saturated carbocycles. The first-order valence-electron chi connectivity index (χ1n) is 7.77. The third-order valence-electron chi connectivity index (χ3n) is 3.38. The van der Waals surface area contributed by atoms with E-state index >= 15 is 0 Å². The van der Waals surface area contributed by atoms with Crippen LogP contribution in [0.25, 0.3) is 5.69 Å². The largest absolute Gasteiger partial charge is 0.487 e. The molecular weight excluding hydrogens is 304 g/mol. The highest BCUT2D eigenvalue weighted by molar-refractivity contribution is 5.88. The van der Waals surface area contributed by atoms with E-state index < -0.39 is 5.97 Å². The summed E-state index contributed by atoms with van der Waals surface area (Å²) in [6.07, 6.45) is 0. The maximum Gasteiger partial charge on any atom is 0.357 e. The quantitative estimate of drug-likeness (QED) is 0.650. The van der Waals surface area contributed by atoms with Gasteiger partial charge in [-0.15, -0.1) is 0 Å². The van der Waals surface area contributed by atoms with Crippen molar-refractivity contribution in [2.75, 3.05) is 6.61 Å². The summed E-state index contributed by atoms with van der Waals surface area (Å²) < 4.78 is 12.4. The number of carbonyl (C=O) groups excluding carboxylic acids is 1. The van der Waals surface area contributed by atoms with E-state index in [9.17, 15) is 4.79 Å². The molecule has 3 rings (SSSR count). The zero-order valence-electron chi connectivity index (χ0n) is 13.4. The number of rotatable bonds is 6. The third-order valence-corrected chi connectivity index (χ3v) is 3.38. The van der Waals surface area contributed by atoms with E-state index in [2.05, 4.69) is 5.10 Å². The maximum absolute atomic E-state index is 12.2. The fourth-order valence-corrected chi connectivity index (χ4v) is 2.29. The van der Waals surface area contributed by atoms with Crippen LogP contribution in [0.1, 0.15) is 23.1 Å². The molecule has 0 spiro atoms. The molecule has 0 bridgehead atoms. The Labute approximate surface area is 140 Å². The van der Waals surface area contributed by atoms with Crippen LogP contribution in [0.5, 0.6) is 5.75 Å². The second kappa shape index (κ2) is 7.46. The maximum atomic E-state index is 12.2. The SMILES string of the molecule is CCOC(=O)c1cc(COc2ccccc2)nn1-c1ccccc1. The second-order valence-electron chi connectivity index (χ2n) is 5.09. The second-order valence-corrected chi connectivity index (χ2v) is 5.09. The highest BCUT2D eigenvalue weighted by Gasteiger charge is 2.18.